The molecule has 0 atom stereocenters. The number of para-hydroxylation sites is 2. The van der Waals surface area contributed by atoms with Gasteiger partial charge in [0.15, 0.2) is 0 Å². The zero-order valence-corrected chi connectivity index (χ0v) is 18.8. The summed E-state index contributed by atoms with van der Waals surface area (Å²) < 4.78 is 0. The number of aryl methyl sites for hydroxylation is 2. The van der Waals surface area contributed by atoms with E-state index in [-0.39, 0.29) is 11.8 Å². The van der Waals surface area contributed by atoms with Gasteiger partial charge in [0.25, 0.3) is 11.8 Å². The van der Waals surface area contributed by atoms with Crippen LogP contribution in [-0.2, 0) is 0 Å². The van der Waals surface area contributed by atoms with Gasteiger partial charge in [0.2, 0.25) is 0 Å². The molecule has 34 heavy (non-hydrogen) atoms. The Morgan fingerprint density at radius 3 is 1.35 bits per heavy atom. The summed E-state index contributed by atoms with van der Waals surface area (Å²) in [5.41, 5.74) is 6.48. The second-order valence-electron chi connectivity index (χ2n) is 8.14. The summed E-state index contributed by atoms with van der Waals surface area (Å²) in [6.45, 7) is 3.77. The van der Waals surface area contributed by atoms with Crippen LogP contribution in [0.25, 0.3) is 22.1 Å². The van der Waals surface area contributed by atoms with E-state index in [9.17, 15) is 9.59 Å². The van der Waals surface area contributed by atoms with Gasteiger partial charge >= 0.3 is 0 Å². The van der Waals surface area contributed by atoms with E-state index in [4.69, 9.17) is 9.97 Å². The van der Waals surface area contributed by atoms with Crippen LogP contribution in [0.1, 0.15) is 31.8 Å². The fourth-order valence-electron chi connectivity index (χ4n) is 3.91. The summed E-state index contributed by atoms with van der Waals surface area (Å²) in [7, 11) is 0. The normalized spacial score (nSPS) is 10.9. The number of nitrogens with one attached hydrogen (secondary N) is 2. The fourth-order valence-corrected chi connectivity index (χ4v) is 3.91. The molecule has 0 unspecified atom stereocenters. The van der Waals surface area contributed by atoms with Gasteiger partial charge in [-0.05, 0) is 61.4 Å². The number of rotatable bonds is 4. The summed E-state index contributed by atoms with van der Waals surface area (Å²) in [6.07, 6.45) is 0. The first kappa shape index (κ1) is 21.3. The monoisotopic (exact) mass is 446 g/mol. The molecule has 1 aromatic heterocycles. The molecule has 0 radical (unpaired) electrons. The Labute approximate surface area is 196 Å². The lowest BCUT2D eigenvalue weighted by molar-refractivity contribution is 0.101. The Bertz CT molecular complexity index is 1460. The number of carbonyl (C=O) groups excluding carboxylic acids is 2. The number of carbonyl (C=O) groups is 2. The van der Waals surface area contributed by atoms with E-state index in [0.717, 1.165) is 22.2 Å². The first-order valence-electron chi connectivity index (χ1n) is 10.9. The number of fused-ring (bicyclic) bond motifs is 2. The highest BCUT2D eigenvalue weighted by Gasteiger charge is 2.17. The van der Waals surface area contributed by atoms with Crippen LogP contribution in [0.15, 0.2) is 84.9 Å². The molecule has 0 aliphatic carbocycles. The first-order valence-corrected chi connectivity index (χ1v) is 10.9. The minimum atomic E-state index is -0.266. The molecule has 0 bridgehead atoms. The predicted molar refractivity (Wildman–Crippen MR) is 135 cm³/mol. The van der Waals surface area contributed by atoms with E-state index < -0.39 is 0 Å². The predicted octanol–water partition coefficient (Wildman–Crippen LogP) is 5.90. The largest absolute Gasteiger partial charge is 0.320 e. The van der Waals surface area contributed by atoms with Crippen LogP contribution in [0.4, 0.5) is 11.4 Å². The lowest BCUT2D eigenvalue weighted by Gasteiger charge is -2.15. The van der Waals surface area contributed by atoms with Gasteiger partial charge in [-0.25, -0.2) is 9.97 Å². The smallest absolute Gasteiger partial charge is 0.255 e. The molecule has 5 aromatic rings. The van der Waals surface area contributed by atoms with Crippen molar-refractivity contribution < 1.29 is 9.59 Å². The van der Waals surface area contributed by atoms with Gasteiger partial charge in [-0.1, -0.05) is 48.5 Å². The van der Waals surface area contributed by atoms with Gasteiger partial charge in [-0.2, -0.15) is 0 Å². The third kappa shape index (κ3) is 4.09. The topological polar surface area (TPSA) is 84.0 Å². The molecular weight excluding hydrogens is 424 g/mol. The molecule has 1 heterocycles. The van der Waals surface area contributed by atoms with Gasteiger partial charge in [-0.15, -0.1) is 0 Å². The Hall–Kier alpha value is -4.58. The van der Waals surface area contributed by atoms with Crippen LogP contribution in [-0.4, -0.2) is 21.8 Å². The summed E-state index contributed by atoms with van der Waals surface area (Å²) in [4.78, 5) is 35.6. The molecule has 0 aliphatic rings. The van der Waals surface area contributed by atoms with Gasteiger partial charge in [-0.3, -0.25) is 9.59 Å². The molecule has 0 saturated heterocycles. The average molecular weight is 447 g/mol. The van der Waals surface area contributed by atoms with E-state index in [1.807, 2.05) is 74.5 Å². The summed E-state index contributed by atoms with van der Waals surface area (Å²) in [6, 6.07) is 25.8. The van der Waals surface area contributed by atoms with Crippen molar-refractivity contribution in [2.45, 2.75) is 13.8 Å². The minimum absolute atomic E-state index is 0.266. The molecule has 5 rings (SSSR count). The molecule has 6 heteroatoms. The standard InChI is InChI=1S/C28H22N4O2/c1-17-9-3-5-11-19(17)27(33)31-25-15-23-24(30-22-14-8-7-13-21(22)29-23)16-26(25)32-28(34)20-12-6-4-10-18(20)2/h3-16H,1-2H3,(H,31,33)(H,32,34). The zero-order valence-electron chi connectivity index (χ0n) is 18.8. The molecule has 0 fully saturated rings. The summed E-state index contributed by atoms with van der Waals surface area (Å²) >= 11 is 0. The lowest BCUT2D eigenvalue weighted by Crippen LogP contribution is -2.18. The minimum Gasteiger partial charge on any atom is -0.320 e. The van der Waals surface area contributed by atoms with Crippen molar-refractivity contribution in [3.05, 3.63) is 107 Å². The molecule has 2 N–H and O–H groups in total. The van der Waals surface area contributed by atoms with Crippen molar-refractivity contribution in [2.75, 3.05) is 10.6 Å². The van der Waals surface area contributed by atoms with Gasteiger partial charge < -0.3 is 10.6 Å². The molecule has 0 saturated carbocycles. The van der Waals surface area contributed by atoms with Gasteiger partial charge in [0.1, 0.15) is 0 Å². The molecular formula is C28H22N4O2. The highest BCUT2D eigenvalue weighted by Crippen LogP contribution is 2.29. The van der Waals surface area contributed by atoms with E-state index in [1.165, 1.54) is 0 Å². The van der Waals surface area contributed by atoms with Crippen LogP contribution in [0.3, 0.4) is 0 Å². The average Bonchev–Trinajstić information content (AvgIpc) is 2.83. The third-order valence-corrected chi connectivity index (χ3v) is 5.75. The Balaban J connectivity index is 1.60. The van der Waals surface area contributed by atoms with Crippen molar-refractivity contribution in [1.29, 1.82) is 0 Å². The van der Waals surface area contributed by atoms with Crippen molar-refractivity contribution in [3.63, 3.8) is 0 Å². The van der Waals surface area contributed by atoms with Gasteiger partial charge in [0, 0.05) is 11.1 Å². The SMILES string of the molecule is Cc1ccccc1C(=O)Nc1cc2nc3ccccc3nc2cc1NC(=O)c1ccccc1C. The number of aromatic nitrogens is 2. The maximum Gasteiger partial charge on any atom is 0.255 e. The van der Waals surface area contributed by atoms with E-state index in [1.54, 1.807) is 24.3 Å². The molecule has 2 amide bonds. The Kier molecular flexibility index (Phi) is 5.47. The van der Waals surface area contributed by atoms with Crippen molar-refractivity contribution >= 4 is 45.3 Å². The Morgan fingerprint density at radius 1 is 0.559 bits per heavy atom. The second-order valence-corrected chi connectivity index (χ2v) is 8.14. The third-order valence-electron chi connectivity index (χ3n) is 5.75. The van der Waals surface area contributed by atoms with E-state index in [0.29, 0.717) is 33.5 Å². The number of anilines is 2. The summed E-state index contributed by atoms with van der Waals surface area (Å²) in [5.74, 6) is -0.532. The van der Waals surface area contributed by atoms with Crippen LogP contribution in [0.2, 0.25) is 0 Å². The number of hydrogen-bond donors (Lipinski definition) is 2. The maximum atomic E-state index is 13.1. The van der Waals surface area contributed by atoms with E-state index in [2.05, 4.69) is 10.6 Å². The highest BCUT2D eigenvalue weighted by atomic mass is 16.2. The number of hydrogen-bond acceptors (Lipinski definition) is 4. The fraction of sp³-hybridized carbons (Fsp3) is 0.0714. The molecule has 4 aromatic carbocycles. The first-order chi connectivity index (χ1) is 16.5. The second kappa shape index (κ2) is 8.75. The molecule has 0 spiro atoms. The number of benzene rings is 4. The summed E-state index contributed by atoms with van der Waals surface area (Å²) in [5, 5.41) is 5.92. The van der Waals surface area contributed by atoms with Crippen molar-refractivity contribution in [3.8, 4) is 0 Å². The van der Waals surface area contributed by atoms with E-state index >= 15 is 0 Å². The van der Waals surface area contributed by atoms with Crippen LogP contribution >= 0.6 is 0 Å². The van der Waals surface area contributed by atoms with Crippen LogP contribution in [0, 0.1) is 13.8 Å². The molecule has 6 nitrogen and oxygen atoms in total. The van der Waals surface area contributed by atoms with Gasteiger partial charge in [0.05, 0.1) is 33.4 Å². The maximum absolute atomic E-state index is 13.1. The Morgan fingerprint density at radius 2 is 0.941 bits per heavy atom. The lowest BCUT2D eigenvalue weighted by atomic mass is 10.1. The van der Waals surface area contributed by atoms with Crippen LogP contribution in [0.5, 0.6) is 0 Å². The highest BCUT2D eigenvalue weighted by molar-refractivity contribution is 6.12. The molecule has 166 valence electrons. The number of amides is 2. The van der Waals surface area contributed by atoms with Crippen LogP contribution < -0.4 is 10.6 Å². The quantitative estimate of drug-likeness (QED) is 0.337. The number of nitrogens with zero attached hydrogens (tertiary/aromatic N) is 2. The molecule has 0 aliphatic heterocycles. The zero-order chi connectivity index (χ0) is 23.7. The van der Waals surface area contributed by atoms with Crippen molar-refractivity contribution in [2.24, 2.45) is 0 Å². The van der Waals surface area contributed by atoms with Crippen molar-refractivity contribution in [1.82, 2.24) is 9.97 Å².